The van der Waals surface area contributed by atoms with Gasteiger partial charge in [-0.15, -0.1) is 0 Å². The smallest absolute Gasteiger partial charge is 0.410 e. The first-order valence-electron chi connectivity index (χ1n) is 9.12. The van der Waals surface area contributed by atoms with Crippen LogP contribution in [-0.4, -0.2) is 51.9 Å². The molecule has 0 saturated carbocycles. The van der Waals surface area contributed by atoms with Crippen LogP contribution in [0.25, 0.3) is 16.6 Å². The molecule has 0 aromatic carbocycles. The van der Waals surface area contributed by atoms with Crippen LogP contribution in [0.2, 0.25) is 5.15 Å². The first kappa shape index (κ1) is 20.1. The van der Waals surface area contributed by atoms with Crippen molar-refractivity contribution < 1.29 is 9.53 Å². The summed E-state index contributed by atoms with van der Waals surface area (Å²) in [6.07, 6.45) is 5.27. The number of amides is 1. The molecule has 2 aromatic rings. The van der Waals surface area contributed by atoms with Crippen LogP contribution in [0.15, 0.2) is 30.6 Å². The van der Waals surface area contributed by atoms with E-state index in [1.165, 1.54) is 6.21 Å². The zero-order valence-corrected chi connectivity index (χ0v) is 17.0. The van der Waals surface area contributed by atoms with E-state index < -0.39 is 5.60 Å². The minimum atomic E-state index is -0.504. The number of hydrogen-bond donors (Lipinski definition) is 2. The lowest BCUT2D eigenvalue weighted by atomic mass is 10.1. The van der Waals surface area contributed by atoms with Crippen LogP contribution in [0.1, 0.15) is 32.8 Å². The largest absolute Gasteiger partial charge is 0.444 e. The quantitative estimate of drug-likeness (QED) is 0.599. The molecular formula is C20H24ClN5O2. The molecule has 1 atom stereocenters. The molecule has 28 heavy (non-hydrogen) atoms. The molecule has 8 heteroatoms. The molecule has 2 N–H and O–H groups in total. The van der Waals surface area contributed by atoms with E-state index in [1.54, 1.807) is 23.4 Å². The number of rotatable bonds is 4. The van der Waals surface area contributed by atoms with E-state index in [4.69, 9.17) is 21.7 Å². The molecule has 0 aliphatic carbocycles. The fraction of sp³-hybridized carbons (Fsp3) is 0.400. The van der Waals surface area contributed by atoms with E-state index in [0.29, 0.717) is 29.3 Å². The Hall–Kier alpha value is -2.67. The highest BCUT2D eigenvalue weighted by molar-refractivity contribution is 6.29. The van der Waals surface area contributed by atoms with Gasteiger partial charge in [-0.25, -0.2) is 9.78 Å². The van der Waals surface area contributed by atoms with Gasteiger partial charge in [0, 0.05) is 48.9 Å². The number of fused-ring (bicyclic) bond motifs is 1. The summed E-state index contributed by atoms with van der Waals surface area (Å²) < 4.78 is 5.42. The van der Waals surface area contributed by atoms with Crippen LogP contribution in [-0.2, 0) is 4.74 Å². The number of halogens is 1. The molecule has 3 heterocycles. The molecule has 1 amide bonds. The fourth-order valence-corrected chi connectivity index (χ4v) is 3.10. The average molecular weight is 402 g/mol. The van der Waals surface area contributed by atoms with Gasteiger partial charge in [-0.3, -0.25) is 4.98 Å². The lowest BCUT2D eigenvalue weighted by Gasteiger charge is -2.24. The molecule has 7 nitrogen and oxygen atoms in total. The van der Waals surface area contributed by atoms with Gasteiger partial charge < -0.3 is 20.4 Å². The number of carbonyl (C=O) groups is 1. The summed E-state index contributed by atoms with van der Waals surface area (Å²) in [4.78, 5) is 22.5. The van der Waals surface area contributed by atoms with Crippen molar-refractivity contribution in [2.45, 2.75) is 38.8 Å². The lowest BCUT2D eigenvalue weighted by molar-refractivity contribution is 0.0291. The van der Waals surface area contributed by atoms with Gasteiger partial charge in [0.1, 0.15) is 10.8 Å². The van der Waals surface area contributed by atoms with Gasteiger partial charge in [-0.05, 0) is 45.4 Å². The molecule has 0 radical (unpaired) electrons. The summed E-state index contributed by atoms with van der Waals surface area (Å²) in [5.74, 6) is 0. The molecular weight excluding hydrogens is 378 g/mol. The van der Waals surface area contributed by atoms with Crippen molar-refractivity contribution in [1.82, 2.24) is 20.2 Å². The Morgan fingerprint density at radius 2 is 2.18 bits per heavy atom. The molecule has 0 bridgehead atoms. The topological polar surface area (TPSA) is 91.2 Å². The van der Waals surface area contributed by atoms with E-state index in [-0.39, 0.29) is 12.1 Å². The normalized spacial score (nSPS) is 17.6. The fourth-order valence-electron chi connectivity index (χ4n) is 2.94. The van der Waals surface area contributed by atoms with Crippen molar-refractivity contribution in [3.63, 3.8) is 0 Å². The number of aromatic nitrogens is 2. The number of likely N-dealkylation sites (tertiary alicyclic amines) is 1. The highest BCUT2D eigenvalue weighted by Gasteiger charge is 2.29. The monoisotopic (exact) mass is 401 g/mol. The van der Waals surface area contributed by atoms with Gasteiger partial charge >= 0.3 is 6.09 Å². The summed E-state index contributed by atoms with van der Waals surface area (Å²) in [5.41, 5.74) is 2.36. The summed E-state index contributed by atoms with van der Waals surface area (Å²) >= 11 is 5.96. The van der Waals surface area contributed by atoms with E-state index in [1.807, 2.05) is 32.9 Å². The van der Waals surface area contributed by atoms with Crippen molar-refractivity contribution in [3.05, 3.63) is 41.3 Å². The second-order valence-electron chi connectivity index (χ2n) is 7.72. The van der Waals surface area contributed by atoms with Gasteiger partial charge in [0.25, 0.3) is 0 Å². The van der Waals surface area contributed by atoms with Crippen molar-refractivity contribution in [3.8, 4) is 0 Å². The Kier molecular flexibility index (Phi) is 5.84. The summed E-state index contributed by atoms with van der Waals surface area (Å²) in [6.45, 7) is 6.77. The Balaban J connectivity index is 1.67. The standard InChI is InChI=1S/C20H24ClN5O2/c1-20(2,3)28-19(27)26-7-6-15(12-26)23-11-14(9-22)13-8-17-16(24-10-13)4-5-18(21)25-17/h4-5,8-11,15,22-23H,6-7,12H2,1-3H3/b14-11+,22-9?/t15-/m1/s1. The third-order valence-corrected chi connectivity index (χ3v) is 4.52. The summed E-state index contributed by atoms with van der Waals surface area (Å²) in [6, 6.07) is 5.46. The highest BCUT2D eigenvalue weighted by Crippen LogP contribution is 2.19. The predicted molar refractivity (Wildman–Crippen MR) is 111 cm³/mol. The third-order valence-electron chi connectivity index (χ3n) is 4.31. The lowest BCUT2D eigenvalue weighted by Crippen LogP contribution is -2.37. The van der Waals surface area contributed by atoms with Crippen molar-refractivity contribution in [1.29, 1.82) is 5.41 Å². The molecule has 1 aliphatic heterocycles. The van der Waals surface area contributed by atoms with Crippen LogP contribution in [0.4, 0.5) is 4.79 Å². The van der Waals surface area contributed by atoms with Crippen molar-refractivity contribution in [2.75, 3.05) is 13.1 Å². The van der Waals surface area contributed by atoms with E-state index in [2.05, 4.69) is 15.3 Å². The first-order chi connectivity index (χ1) is 13.2. The zero-order chi connectivity index (χ0) is 20.3. The Bertz CT molecular complexity index is 922. The molecule has 1 aliphatic rings. The van der Waals surface area contributed by atoms with Crippen LogP contribution in [0.3, 0.4) is 0 Å². The van der Waals surface area contributed by atoms with Gasteiger partial charge in [-0.2, -0.15) is 0 Å². The Morgan fingerprint density at radius 3 is 2.89 bits per heavy atom. The van der Waals surface area contributed by atoms with Crippen molar-refractivity contribution >= 4 is 40.5 Å². The maximum atomic E-state index is 12.2. The first-order valence-corrected chi connectivity index (χ1v) is 9.50. The predicted octanol–water partition coefficient (Wildman–Crippen LogP) is 3.87. The number of hydrogen-bond acceptors (Lipinski definition) is 6. The molecule has 0 unspecified atom stereocenters. The minimum Gasteiger partial charge on any atom is -0.444 e. The molecule has 0 spiro atoms. The zero-order valence-electron chi connectivity index (χ0n) is 16.2. The van der Waals surface area contributed by atoms with Crippen LogP contribution in [0, 0.1) is 5.41 Å². The second-order valence-corrected chi connectivity index (χ2v) is 8.11. The average Bonchev–Trinajstić information content (AvgIpc) is 3.09. The molecule has 1 fully saturated rings. The number of carbonyl (C=O) groups excluding carboxylic acids is 1. The maximum Gasteiger partial charge on any atom is 0.410 e. The number of pyridine rings is 2. The van der Waals surface area contributed by atoms with Gasteiger partial charge in [0.05, 0.1) is 11.0 Å². The second kappa shape index (κ2) is 8.14. The highest BCUT2D eigenvalue weighted by atomic mass is 35.5. The molecule has 3 rings (SSSR count). The van der Waals surface area contributed by atoms with Gasteiger partial charge in [0.15, 0.2) is 0 Å². The third kappa shape index (κ3) is 4.98. The number of ether oxygens (including phenoxy) is 1. The van der Waals surface area contributed by atoms with Gasteiger partial charge in [0.2, 0.25) is 0 Å². The molecule has 148 valence electrons. The van der Waals surface area contributed by atoms with Crippen LogP contribution in [0.5, 0.6) is 0 Å². The number of nitrogens with one attached hydrogen (secondary N) is 2. The SMILES string of the molecule is CC(C)(C)OC(=O)N1CC[C@@H](N/C=C(\C=N)c2cnc3ccc(Cl)nc3c2)C1. The minimum absolute atomic E-state index is 0.100. The maximum absolute atomic E-state index is 12.2. The summed E-state index contributed by atoms with van der Waals surface area (Å²) in [7, 11) is 0. The van der Waals surface area contributed by atoms with E-state index in [0.717, 1.165) is 17.5 Å². The summed E-state index contributed by atoms with van der Waals surface area (Å²) in [5, 5.41) is 11.4. The Labute approximate surface area is 169 Å². The van der Waals surface area contributed by atoms with E-state index >= 15 is 0 Å². The number of allylic oxidation sites excluding steroid dienone is 1. The van der Waals surface area contributed by atoms with Crippen molar-refractivity contribution in [2.24, 2.45) is 0 Å². The Morgan fingerprint density at radius 1 is 1.39 bits per heavy atom. The molecule has 2 aromatic heterocycles. The molecule has 1 saturated heterocycles. The van der Waals surface area contributed by atoms with Crippen LogP contribution >= 0.6 is 11.6 Å². The number of nitrogens with zero attached hydrogens (tertiary/aromatic N) is 3. The van der Waals surface area contributed by atoms with Gasteiger partial charge in [-0.1, -0.05) is 11.6 Å². The van der Waals surface area contributed by atoms with Crippen LogP contribution < -0.4 is 5.32 Å². The van der Waals surface area contributed by atoms with E-state index in [9.17, 15) is 4.79 Å².